The van der Waals surface area contributed by atoms with Crippen LogP contribution in [-0.4, -0.2) is 34.9 Å². The van der Waals surface area contributed by atoms with E-state index in [-0.39, 0.29) is 11.9 Å². The fraction of sp³-hybridized carbons (Fsp3) is 0.571. The Morgan fingerprint density at radius 3 is 3.00 bits per heavy atom. The summed E-state index contributed by atoms with van der Waals surface area (Å²) in [6.07, 6.45) is 3.12. The van der Waals surface area contributed by atoms with Crippen LogP contribution < -0.4 is 5.32 Å². The number of carbonyl (C=O) groups excluding carboxylic acids is 1. The average Bonchev–Trinajstić information content (AvgIpc) is 2.83. The quantitative estimate of drug-likeness (QED) is 0.922. The first kappa shape index (κ1) is 14.1. The largest absolute Gasteiger partial charge is 0.370 e. The van der Waals surface area contributed by atoms with E-state index in [1.165, 1.54) is 0 Å². The number of nitrogens with one attached hydrogen (secondary N) is 1. The molecular weight excluding hydrogens is 262 g/mol. The lowest BCUT2D eigenvalue weighted by Crippen LogP contribution is -2.34. The van der Waals surface area contributed by atoms with Crippen molar-refractivity contribution in [2.24, 2.45) is 0 Å². The van der Waals surface area contributed by atoms with E-state index < -0.39 is 0 Å². The Balaban J connectivity index is 2.20. The summed E-state index contributed by atoms with van der Waals surface area (Å²) < 4.78 is 0. The number of pyridine rings is 1. The second-order valence-electron chi connectivity index (χ2n) is 4.94. The second-order valence-corrected chi connectivity index (χ2v) is 5.35. The number of carbonyl (C=O) groups is 1. The number of rotatable bonds is 4. The van der Waals surface area contributed by atoms with Gasteiger partial charge >= 0.3 is 0 Å². The zero-order chi connectivity index (χ0) is 13.8. The standard InChI is InChI=1S/C14H20ClN3O/c1-3-8-16-12-7-6-11(15)13(17-12)14(19)18-9-4-5-10(18)2/h6-7,10H,3-5,8-9H2,1-2H3,(H,16,17). The van der Waals surface area contributed by atoms with E-state index in [0.29, 0.717) is 16.5 Å². The predicted molar refractivity (Wildman–Crippen MR) is 77.8 cm³/mol. The molecule has 1 aromatic rings. The molecule has 1 aliphatic rings. The third-order valence-electron chi connectivity index (χ3n) is 3.42. The van der Waals surface area contributed by atoms with E-state index in [4.69, 9.17) is 11.6 Å². The summed E-state index contributed by atoms with van der Waals surface area (Å²) in [7, 11) is 0. The maximum atomic E-state index is 12.5. The van der Waals surface area contributed by atoms with E-state index in [2.05, 4.69) is 24.1 Å². The first-order valence-electron chi connectivity index (χ1n) is 6.85. The van der Waals surface area contributed by atoms with Gasteiger partial charge in [0.05, 0.1) is 5.02 Å². The molecule has 1 atom stereocenters. The molecule has 1 amide bonds. The first-order chi connectivity index (χ1) is 9.13. The fourth-order valence-corrected chi connectivity index (χ4v) is 2.50. The van der Waals surface area contributed by atoms with Gasteiger partial charge in [0.1, 0.15) is 11.5 Å². The number of anilines is 1. The Morgan fingerprint density at radius 1 is 1.58 bits per heavy atom. The lowest BCUT2D eigenvalue weighted by atomic mass is 10.2. The molecule has 0 bridgehead atoms. The van der Waals surface area contributed by atoms with E-state index in [1.54, 1.807) is 6.07 Å². The minimum atomic E-state index is -0.0600. The van der Waals surface area contributed by atoms with Crippen molar-refractivity contribution in [1.29, 1.82) is 0 Å². The second kappa shape index (κ2) is 6.24. The fourth-order valence-electron chi connectivity index (χ4n) is 2.31. The minimum Gasteiger partial charge on any atom is -0.370 e. The molecule has 0 spiro atoms. The van der Waals surface area contributed by atoms with Crippen molar-refractivity contribution in [2.75, 3.05) is 18.4 Å². The van der Waals surface area contributed by atoms with Crippen LogP contribution in [0.25, 0.3) is 0 Å². The first-order valence-corrected chi connectivity index (χ1v) is 7.22. The van der Waals surface area contributed by atoms with Crippen molar-refractivity contribution >= 4 is 23.3 Å². The Morgan fingerprint density at radius 2 is 2.37 bits per heavy atom. The normalized spacial score (nSPS) is 18.7. The summed E-state index contributed by atoms with van der Waals surface area (Å²) in [4.78, 5) is 18.7. The van der Waals surface area contributed by atoms with Gasteiger partial charge in [0, 0.05) is 19.1 Å². The highest BCUT2D eigenvalue weighted by molar-refractivity contribution is 6.33. The third-order valence-corrected chi connectivity index (χ3v) is 3.72. The highest BCUT2D eigenvalue weighted by Crippen LogP contribution is 2.23. The highest BCUT2D eigenvalue weighted by Gasteiger charge is 2.28. The lowest BCUT2D eigenvalue weighted by Gasteiger charge is -2.21. The summed E-state index contributed by atoms with van der Waals surface area (Å²) in [5.74, 6) is 0.650. The predicted octanol–water partition coefficient (Wildman–Crippen LogP) is 3.18. The number of nitrogens with zero attached hydrogens (tertiary/aromatic N) is 2. The molecular formula is C14H20ClN3O. The summed E-state index contributed by atoms with van der Waals surface area (Å²) in [6, 6.07) is 3.82. The monoisotopic (exact) mass is 281 g/mol. The maximum absolute atomic E-state index is 12.5. The van der Waals surface area contributed by atoms with Gasteiger partial charge in [-0.2, -0.15) is 0 Å². The summed E-state index contributed by atoms with van der Waals surface area (Å²) in [6.45, 7) is 5.78. The Labute approximate surface area is 119 Å². The average molecular weight is 282 g/mol. The molecule has 19 heavy (non-hydrogen) atoms. The van der Waals surface area contributed by atoms with E-state index in [1.807, 2.05) is 11.0 Å². The third kappa shape index (κ3) is 3.18. The maximum Gasteiger partial charge on any atom is 0.274 e. The molecule has 1 N–H and O–H groups in total. The molecule has 0 saturated carbocycles. The number of amides is 1. The van der Waals surface area contributed by atoms with Crippen molar-refractivity contribution in [3.8, 4) is 0 Å². The van der Waals surface area contributed by atoms with Crippen LogP contribution in [0.3, 0.4) is 0 Å². The molecule has 0 radical (unpaired) electrons. The number of likely N-dealkylation sites (tertiary alicyclic amines) is 1. The molecule has 0 aromatic carbocycles. The Bertz CT molecular complexity index is 464. The molecule has 1 aromatic heterocycles. The number of hydrogen-bond acceptors (Lipinski definition) is 3. The van der Waals surface area contributed by atoms with Gasteiger partial charge < -0.3 is 10.2 Å². The molecule has 5 heteroatoms. The molecule has 104 valence electrons. The van der Waals surface area contributed by atoms with E-state index in [0.717, 1.165) is 32.4 Å². The van der Waals surface area contributed by atoms with Crippen molar-refractivity contribution in [2.45, 2.75) is 39.2 Å². The lowest BCUT2D eigenvalue weighted by molar-refractivity contribution is 0.0742. The van der Waals surface area contributed by atoms with Crippen molar-refractivity contribution < 1.29 is 4.79 Å². The number of hydrogen-bond donors (Lipinski definition) is 1. The SMILES string of the molecule is CCCNc1ccc(Cl)c(C(=O)N2CCCC2C)n1. The molecule has 0 aliphatic carbocycles. The van der Waals surface area contributed by atoms with Crippen LogP contribution in [0.5, 0.6) is 0 Å². The van der Waals surface area contributed by atoms with Crippen LogP contribution in [-0.2, 0) is 0 Å². The molecule has 1 fully saturated rings. The Kier molecular flexibility index (Phi) is 4.64. The smallest absolute Gasteiger partial charge is 0.274 e. The summed E-state index contributed by atoms with van der Waals surface area (Å²) in [5.41, 5.74) is 0.358. The van der Waals surface area contributed by atoms with E-state index in [9.17, 15) is 4.79 Å². The zero-order valence-corrected chi connectivity index (χ0v) is 12.2. The van der Waals surface area contributed by atoms with Crippen LogP contribution in [0.15, 0.2) is 12.1 Å². The minimum absolute atomic E-state index is 0.0600. The summed E-state index contributed by atoms with van der Waals surface area (Å²) in [5, 5.41) is 3.60. The van der Waals surface area contributed by atoms with Crippen LogP contribution >= 0.6 is 11.6 Å². The topological polar surface area (TPSA) is 45.2 Å². The molecule has 4 nitrogen and oxygen atoms in total. The molecule has 1 saturated heterocycles. The number of halogens is 1. The van der Waals surface area contributed by atoms with Gasteiger partial charge in [-0.1, -0.05) is 18.5 Å². The summed E-state index contributed by atoms with van der Waals surface area (Å²) >= 11 is 6.11. The van der Waals surface area contributed by atoms with Gasteiger partial charge in [-0.05, 0) is 38.3 Å². The molecule has 1 unspecified atom stereocenters. The van der Waals surface area contributed by atoms with Crippen LogP contribution in [0.2, 0.25) is 5.02 Å². The van der Waals surface area contributed by atoms with Gasteiger partial charge in [-0.3, -0.25) is 4.79 Å². The molecule has 2 heterocycles. The van der Waals surface area contributed by atoms with Gasteiger partial charge in [-0.15, -0.1) is 0 Å². The van der Waals surface area contributed by atoms with Gasteiger partial charge in [0.2, 0.25) is 0 Å². The van der Waals surface area contributed by atoms with Gasteiger partial charge in [-0.25, -0.2) is 4.98 Å². The highest BCUT2D eigenvalue weighted by atomic mass is 35.5. The van der Waals surface area contributed by atoms with Crippen LogP contribution in [0.4, 0.5) is 5.82 Å². The van der Waals surface area contributed by atoms with E-state index >= 15 is 0 Å². The van der Waals surface area contributed by atoms with Crippen molar-refractivity contribution in [1.82, 2.24) is 9.88 Å². The molecule has 2 rings (SSSR count). The molecule has 1 aliphatic heterocycles. The Hall–Kier alpha value is -1.29. The number of aromatic nitrogens is 1. The zero-order valence-electron chi connectivity index (χ0n) is 11.4. The van der Waals surface area contributed by atoms with Gasteiger partial charge in [0.15, 0.2) is 0 Å². The van der Waals surface area contributed by atoms with Crippen molar-refractivity contribution in [3.05, 3.63) is 22.8 Å². The van der Waals surface area contributed by atoms with Crippen molar-refractivity contribution in [3.63, 3.8) is 0 Å². The van der Waals surface area contributed by atoms with Crippen LogP contribution in [0.1, 0.15) is 43.6 Å². The van der Waals surface area contributed by atoms with Gasteiger partial charge in [0.25, 0.3) is 5.91 Å². The van der Waals surface area contributed by atoms with Crippen LogP contribution in [0, 0.1) is 0 Å².